The van der Waals surface area contributed by atoms with Crippen LogP contribution in [0.4, 0.5) is 5.69 Å². The number of aryl methyl sites for hydroxylation is 1. The molecule has 0 spiro atoms. The summed E-state index contributed by atoms with van der Waals surface area (Å²) < 4.78 is 28.7. The zero-order valence-electron chi connectivity index (χ0n) is 22.1. The molecule has 0 aliphatic heterocycles. The fourth-order valence-corrected chi connectivity index (χ4v) is 6.24. The molecule has 7 nitrogen and oxygen atoms in total. The lowest BCUT2D eigenvalue weighted by Crippen LogP contribution is -2.51. The molecule has 0 fully saturated rings. The molecule has 0 aliphatic rings. The fourth-order valence-electron chi connectivity index (χ4n) is 3.86. The van der Waals surface area contributed by atoms with Gasteiger partial charge in [0.2, 0.25) is 11.8 Å². The number of hydrogen-bond acceptors (Lipinski definition) is 4. The molecule has 3 aromatic carbocycles. The molecule has 1 atom stereocenters. The Kier molecular flexibility index (Phi) is 11.1. The lowest BCUT2D eigenvalue weighted by Gasteiger charge is -2.32. The van der Waals surface area contributed by atoms with Gasteiger partial charge in [0.15, 0.2) is 0 Å². The van der Waals surface area contributed by atoms with Gasteiger partial charge < -0.3 is 10.2 Å². The van der Waals surface area contributed by atoms with Crippen molar-refractivity contribution in [2.24, 2.45) is 0 Å². The van der Waals surface area contributed by atoms with Gasteiger partial charge in [0.1, 0.15) is 12.6 Å². The van der Waals surface area contributed by atoms with E-state index in [1.165, 1.54) is 41.3 Å². The molecule has 1 N–H and O–H groups in total. The van der Waals surface area contributed by atoms with Crippen molar-refractivity contribution in [3.8, 4) is 0 Å². The first-order valence-corrected chi connectivity index (χ1v) is 15.3. The van der Waals surface area contributed by atoms with Crippen molar-refractivity contribution in [1.29, 1.82) is 0 Å². The van der Waals surface area contributed by atoms with Crippen molar-refractivity contribution in [3.63, 3.8) is 0 Å². The Morgan fingerprint density at radius 2 is 1.52 bits per heavy atom. The summed E-state index contributed by atoms with van der Waals surface area (Å²) in [4.78, 5) is 28.1. The topological polar surface area (TPSA) is 86.8 Å². The van der Waals surface area contributed by atoms with E-state index in [4.69, 9.17) is 46.4 Å². The summed E-state index contributed by atoms with van der Waals surface area (Å²) in [7, 11) is -4.26. The molecule has 0 aliphatic carbocycles. The van der Waals surface area contributed by atoms with Gasteiger partial charge in [-0.3, -0.25) is 13.9 Å². The largest absolute Gasteiger partial charge is 0.354 e. The molecule has 214 valence electrons. The number of nitrogens with zero attached hydrogens (tertiary/aromatic N) is 2. The summed E-state index contributed by atoms with van der Waals surface area (Å²) in [5, 5.41) is 3.88. The van der Waals surface area contributed by atoms with Crippen LogP contribution < -0.4 is 9.62 Å². The first-order valence-electron chi connectivity index (χ1n) is 12.4. The highest BCUT2D eigenvalue weighted by atomic mass is 35.5. The fraction of sp³-hybridized carbons (Fsp3) is 0.286. The number of nitrogens with one attached hydrogen (secondary N) is 1. The van der Waals surface area contributed by atoms with Gasteiger partial charge >= 0.3 is 0 Å². The highest BCUT2D eigenvalue weighted by Gasteiger charge is 2.33. The summed E-state index contributed by atoms with van der Waals surface area (Å²) >= 11 is 24.8. The summed E-state index contributed by atoms with van der Waals surface area (Å²) in [5.41, 5.74) is 1.50. The molecule has 1 unspecified atom stereocenters. The van der Waals surface area contributed by atoms with Gasteiger partial charge in [-0.05, 0) is 68.3 Å². The van der Waals surface area contributed by atoms with Crippen LogP contribution in [0.25, 0.3) is 0 Å². The Bertz CT molecular complexity index is 1460. The molecular weight excluding hydrogens is 616 g/mol. The van der Waals surface area contributed by atoms with Gasteiger partial charge in [0, 0.05) is 33.2 Å². The molecule has 0 saturated carbocycles. The van der Waals surface area contributed by atoms with Crippen molar-refractivity contribution >= 4 is 73.9 Å². The molecule has 0 bridgehead atoms. The number of halogens is 4. The number of anilines is 1. The zero-order chi connectivity index (χ0) is 29.6. The Morgan fingerprint density at radius 1 is 0.900 bits per heavy atom. The maximum absolute atomic E-state index is 13.9. The number of amides is 2. The van der Waals surface area contributed by atoms with Crippen LogP contribution in [0.3, 0.4) is 0 Å². The van der Waals surface area contributed by atoms with Gasteiger partial charge in [-0.2, -0.15) is 0 Å². The molecule has 40 heavy (non-hydrogen) atoms. The van der Waals surface area contributed by atoms with E-state index in [-0.39, 0.29) is 33.1 Å². The molecule has 2 amide bonds. The van der Waals surface area contributed by atoms with Gasteiger partial charge in [0.25, 0.3) is 10.0 Å². The number of benzene rings is 3. The van der Waals surface area contributed by atoms with Crippen molar-refractivity contribution in [1.82, 2.24) is 10.2 Å². The minimum absolute atomic E-state index is 0.0250. The average molecular weight is 645 g/mol. The molecule has 0 radical (unpaired) electrons. The minimum Gasteiger partial charge on any atom is -0.354 e. The van der Waals surface area contributed by atoms with Crippen LogP contribution in [0.15, 0.2) is 65.6 Å². The molecule has 0 aromatic heterocycles. The van der Waals surface area contributed by atoms with Crippen LogP contribution in [-0.4, -0.2) is 44.3 Å². The van der Waals surface area contributed by atoms with Crippen LogP contribution >= 0.6 is 46.4 Å². The summed E-state index contributed by atoms with van der Waals surface area (Å²) in [6, 6.07) is 14.4. The minimum atomic E-state index is -4.26. The van der Waals surface area contributed by atoms with Gasteiger partial charge in [-0.1, -0.05) is 77.1 Å². The Labute approximate surface area is 255 Å². The summed E-state index contributed by atoms with van der Waals surface area (Å²) in [5.74, 6) is -1.03. The molecular formula is C28H29Cl4N3O4S. The van der Waals surface area contributed by atoms with Crippen molar-refractivity contribution in [2.75, 3.05) is 17.4 Å². The second-order valence-corrected chi connectivity index (χ2v) is 12.8. The normalized spacial score (nSPS) is 12.1. The monoisotopic (exact) mass is 643 g/mol. The van der Waals surface area contributed by atoms with E-state index in [0.717, 1.165) is 9.87 Å². The van der Waals surface area contributed by atoms with E-state index in [1.54, 1.807) is 31.2 Å². The molecule has 12 heteroatoms. The number of hydrogen-bond donors (Lipinski definition) is 1. The highest BCUT2D eigenvalue weighted by molar-refractivity contribution is 7.92. The maximum Gasteiger partial charge on any atom is 0.264 e. The Balaban J connectivity index is 2.07. The third-order valence-corrected chi connectivity index (χ3v) is 8.91. The predicted octanol–water partition coefficient (Wildman–Crippen LogP) is 6.75. The molecule has 3 rings (SSSR count). The number of sulfonamides is 1. The number of carbonyl (C=O) groups excluding carboxylic acids is 2. The first-order chi connectivity index (χ1) is 18.8. The van der Waals surface area contributed by atoms with Crippen molar-refractivity contribution < 1.29 is 18.0 Å². The third-order valence-electron chi connectivity index (χ3n) is 6.10. The maximum atomic E-state index is 13.9. The van der Waals surface area contributed by atoms with Crippen LogP contribution in [0.5, 0.6) is 0 Å². The lowest BCUT2D eigenvalue weighted by atomic mass is 10.1. The quantitative estimate of drug-likeness (QED) is 0.250. The van der Waals surface area contributed by atoms with Gasteiger partial charge in [-0.25, -0.2) is 8.42 Å². The van der Waals surface area contributed by atoms with Crippen LogP contribution in [0.1, 0.15) is 31.4 Å². The second-order valence-electron chi connectivity index (χ2n) is 9.18. The molecule has 0 heterocycles. The lowest BCUT2D eigenvalue weighted by molar-refractivity contribution is -0.139. The van der Waals surface area contributed by atoms with E-state index in [0.29, 0.717) is 28.6 Å². The first kappa shape index (κ1) is 32.0. The smallest absolute Gasteiger partial charge is 0.264 e. The Morgan fingerprint density at radius 3 is 2.10 bits per heavy atom. The van der Waals surface area contributed by atoms with Gasteiger partial charge in [-0.15, -0.1) is 0 Å². The Hall–Kier alpha value is -2.49. The summed E-state index contributed by atoms with van der Waals surface area (Å²) in [6.45, 7) is 5.03. The predicted molar refractivity (Wildman–Crippen MR) is 162 cm³/mol. The van der Waals surface area contributed by atoms with Crippen LogP contribution in [0.2, 0.25) is 20.1 Å². The standard InChI is InChI=1S/C28H29Cl4N3O4S/c1-4-11-33-28(37)19(3)34(16-20-7-8-21(29)15-26(20)32)27(36)17-35(24-13-22(30)12-23(31)14-24)40(38,39)25-9-5-18(2)6-10-25/h5-10,12-15,19H,4,11,16-17H2,1-3H3,(H,33,37). The van der Waals surface area contributed by atoms with Crippen molar-refractivity contribution in [2.45, 2.75) is 44.7 Å². The number of carbonyl (C=O) groups is 2. The van der Waals surface area contributed by atoms with E-state index in [1.807, 2.05) is 13.8 Å². The second kappa shape index (κ2) is 13.9. The van der Waals surface area contributed by atoms with E-state index >= 15 is 0 Å². The van der Waals surface area contributed by atoms with Crippen molar-refractivity contribution in [3.05, 3.63) is 91.9 Å². The summed E-state index contributed by atoms with van der Waals surface area (Å²) in [6.07, 6.45) is 0.702. The number of rotatable bonds is 11. The highest BCUT2D eigenvalue weighted by Crippen LogP contribution is 2.30. The van der Waals surface area contributed by atoms with Crippen LogP contribution in [-0.2, 0) is 26.2 Å². The molecule has 0 saturated heterocycles. The van der Waals surface area contributed by atoms with Crippen LogP contribution in [0, 0.1) is 6.92 Å². The zero-order valence-corrected chi connectivity index (χ0v) is 26.0. The van der Waals surface area contributed by atoms with E-state index < -0.39 is 28.5 Å². The SMILES string of the molecule is CCCNC(=O)C(C)N(Cc1ccc(Cl)cc1Cl)C(=O)CN(c1cc(Cl)cc(Cl)c1)S(=O)(=O)c1ccc(C)cc1. The van der Waals surface area contributed by atoms with E-state index in [2.05, 4.69) is 5.32 Å². The van der Waals surface area contributed by atoms with E-state index in [9.17, 15) is 18.0 Å². The average Bonchev–Trinajstić information content (AvgIpc) is 2.89. The molecule has 3 aromatic rings. The van der Waals surface area contributed by atoms with Gasteiger partial charge in [0.05, 0.1) is 10.6 Å². The third kappa shape index (κ3) is 8.04.